The molecule has 0 atom stereocenters. The summed E-state index contributed by atoms with van der Waals surface area (Å²) in [5.41, 5.74) is 0.349. The van der Waals surface area contributed by atoms with Crippen molar-refractivity contribution >= 4 is 23.2 Å². The Balaban J connectivity index is 3.46. The summed E-state index contributed by atoms with van der Waals surface area (Å²) in [6, 6.07) is 1.60. The van der Waals surface area contributed by atoms with Crippen molar-refractivity contribution in [3.63, 3.8) is 0 Å². The minimum absolute atomic E-state index is 0.199. The molecule has 0 saturated heterocycles. The Morgan fingerprint density at radius 1 is 1.50 bits per heavy atom. The van der Waals surface area contributed by atoms with Crippen LogP contribution in [-0.4, -0.2) is 4.98 Å². The van der Waals surface area contributed by atoms with Gasteiger partial charge in [0.1, 0.15) is 10.2 Å². The Morgan fingerprint density at radius 2 is 2.10 bits per heavy atom. The molecule has 0 saturated carbocycles. The molecule has 0 aromatic carbocycles. The van der Waals surface area contributed by atoms with Crippen molar-refractivity contribution in [1.82, 2.24) is 4.98 Å². The highest BCUT2D eigenvalue weighted by Gasteiger charge is 2.00. The van der Waals surface area contributed by atoms with Crippen LogP contribution in [0.4, 0.5) is 0 Å². The SMILES string of the molecule is Cc1cc(Cl)[nH]c(=O)c1Cl. The molecular formula is C6H5Cl2NO. The van der Waals surface area contributed by atoms with Gasteiger partial charge >= 0.3 is 0 Å². The zero-order valence-corrected chi connectivity index (χ0v) is 6.75. The van der Waals surface area contributed by atoms with Gasteiger partial charge in [-0.2, -0.15) is 0 Å². The minimum atomic E-state index is -0.341. The Hall–Kier alpha value is -0.470. The number of nitrogens with one attached hydrogen (secondary N) is 1. The molecule has 0 spiro atoms. The van der Waals surface area contributed by atoms with Gasteiger partial charge in [0, 0.05) is 0 Å². The second-order valence-electron chi connectivity index (χ2n) is 1.94. The first-order valence-corrected chi connectivity index (χ1v) is 3.42. The van der Waals surface area contributed by atoms with Gasteiger partial charge in [-0.3, -0.25) is 4.79 Å². The third-order valence-corrected chi connectivity index (χ3v) is 1.80. The van der Waals surface area contributed by atoms with E-state index in [-0.39, 0.29) is 10.6 Å². The van der Waals surface area contributed by atoms with E-state index in [1.807, 2.05) is 0 Å². The molecule has 0 bridgehead atoms. The first-order chi connectivity index (χ1) is 4.61. The number of pyridine rings is 1. The average Bonchev–Trinajstić information content (AvgIpc) is 1.82. The van der Waals surface area contributed by atoms with Crippen LogP contribution in [0.5, 0.6) is 0 Å². The van der Waals surface area contributed by atoms with Gasteiger partial charge < -0.3 is 4.98 Å². The van der Waals surface area contributed by atoms with Crippen LogP contribution in [0.15, 0.2) is 10.9 Å². The maximum Gasteiger partial charge on any atom is 0.268 e. The molecule has 2 nitrogen and oxygen atoms in total. The van der Waals surface area contributed by atoms with Crippen molar-refractivity contribution in [1.29, 1.82) is 0 Å². The molecule has 0 amide bonds. The molecule has 0 aliphatic heterocycles. The van der Waals surface area contributed by atoms with Crippen LogP contribution >= 0.6 is 23.2 Å². The molecule has 0 unspecified atom stereocenters. The van der Waals surface area contributed by atoms with Crippen molar-refractivity contribution in [2.24, 2.45) is 0 Å². The molecule has 1 rings (SSSR count). The third-order valence-electron chi connectivity index (χ3n) is 1.12. The molecule has 54 valence electrons. The van der Waals surface area contributed by atoms with Crippen molar-refractivity contribution in [3.05, 3.63) is 32.2 Å². The smallest absolute Gasteiger partial charge is 0.268 e. The fourth-order valence-electron chi connectivity index (χ4n) is 0.632. The number of rotatable bonds is 0. The molecule has 1 N–H and O–H groups in total. The molecule has 0 fully saturated rings. The lowest BCUT2D eigenvalue weighted by Crippen LogP contribution is -2.06. The molecule has 0 aliphatic rings. The topological polar surface area (TPSA) is 32.9 Å². The maximum absolute atomic E-state index is 10.8. The van der Waals surface area contributed by atoms with Crippen molar-refractivity contribution < 1.29 is 0 Å². The van der Waals surface area contributed by atoms with Crippen LogP contribution in [-0.2, 0) is 0 Å². The van der Waals surface area contributed by atoms with Gasteiger partial charge in [-0.15, -0.1) is 0 Å². The van der Waals surface area contributed by atoms with Gasteiger partial charge in [-0.05, 0) is 18.6 Å². The maximum atomic E-state index is 10.8. The van der Waals surface area contributed by atoms with Crippen LogP contribution in [0, 0.1) is 6.92 Å². The van der Waals surface area contributed by atoms with Gasteiger partial charge in [0.25, 0.3) is 5.56 Å². The van der Waals surface area contributed by atoms with Gasteiger partial charge in [0.15, 0.2) is 0 Å². The van der Waals surface area contributed by atoms with Gasteiger partial charge in [0.2, 0.25) is 0 Å². The number of aryl methyl sites for hydroxylation is 1. The molecule has 0 radical (unpaired) electrons. The first kappa shape index (κ1) is 7.63. The van der Waals surface area contributed by atoms with E-state index in [2.05, 4.69) is 4.98 Å². The highest BCUT2D eigenvalue weighted by Crippen LogP contribution is 2.11. The highest BCUT2D eigenvalue weighted by molar-refractivity contribution is 6.32. The number of halogens is 2. The molecule has 1 heterocycles. The minimum Gasteiger partial charge on any atom is -0.312 e. The summed E-state index contributed by atoms with van der Waals surface area (Å²) in [7, 11) is 0. The summed E-state index contributed by atoms with van der Waals surface area (Å²) in [6.07, 6.45) is 0. The predicted molar refractivity (Wildman–Crippen MR) is 41.8 cm³/mol. The van der Waals surface area contributed by atoms with Gasteiger partial charge in [-0.1, -0.05) is 23.2 Å². The van der Waals surface area contributed by atoms with E-state index in [9.17, 15) is 4.79 Å². The van der Waals surface area contributed by atoms with E-state index in [1.165, 1.54) is 0 Å². The zero-order valence-electron chi connectivity index (χ0n) is 5.24. The second kappa shape index (κ2) is 2.64. The summed E-state index contributed by atoms with van der Waals surface area (Å²) < 4.78 is 0. The standard InChI is InChI=1S/C6H5Cl2NO/c1-3-2-4(7)9-6(10)5(3)8/h2H,1H3,(H,9,10). The molecule has 1 aromatic rings. The third kappa shape index (κ3) is 1.33. The Morgan fingerprint density at radius 3 is 2.60 bits per heavy atom. The normalized spacial score (nSPS) is 9.90. The van der Waals surface area contributed by atoms with Crippen molar-refractivity contribution in [2.45, 2.75) is 6.92 Å². The fraction of sp³-hybridized carbons (Fsp3) is 0.167. The molecule has 1 aromatic heterocycles. The second-order valence-corrected chi connectivity index (χ2v) is 2.73. The van der Waals surface area contributed by atoms with Crippen molar-refractivity contribution in [2.75, 3.05) is 0 Å². The first-order valence-electron chi connectivity index (χ1n) is 2.66. The number of aromatic amines is 1. The van der Waals surface area contributed by atoms with Crippen LogP contribution in [0.1, 0.15) is 5.56 Å². The number of H-pyrrole nitrogens is 1. The van der Waals surface area contributed by atoms with Crippen LogP contribution in [0.25, 0.3) is 0 Å². The van der Waals surface area contributed by atoms with E-state index < -0.39 is 0 Å². The summed E-state index contributed by atoms with van der Waals surface area (Å²) >= 11 is 11.1. The van der Waals surface area contributed by atoms with Crippen LogP contribution in [0.3, 0.4) is 0 Å². The lowest BCUT2D eigenvalue weighted by Gasteiger charge is -1.94. The summed E-state index contributed by atoms with van der Waals surface area (Å²) in [4.78, 5) is 13.1. The summed E-state index contributed by atoms with van der Waals surface area (Å²) in [6.45, 7) is 1.73. The Labute approximate surface area is 67.8 Å². The Kier molecular flexibility index (Phi) is 2.02. The average molecular weight is 178 g/mol. The number of hydrogen-bond acceptors (Lipinski definition) is 1. The highest BCUT2D eigenvalue weighted by atomic mass is 35.5. The molecule has 0 aliphatic carbocycles. The largest absolute Gasteiger partial charge is 0.312 e. The van der Waals surface area contributed by atoms with Crippen LogP contribution in [0.2, 0.25) is 10.2 Å². The summed E-state index contributed by atoms with van der Waals surface area (Å²) in [5, 5.41) is 0.510. The fourth-order valence-corrected chi connectivity index (χ4v) is 0.983. The monoisotopic (exact) mass is 177 g/mol. The molecular weight excluding hydrogens is 173 g/mol. The quantitative estimate of drug-likeness (QED) is 0.605. The molecule has 10 heavy (non-hydrogen) atoms. The van der Waals surface area contributed by atoms with E-state index in [1.54, 1.807) is 13.0 Å². The van der Waals surface area contributed by atoms with E-state index in [4.69, 9.17) is 23.2 Å². The van der Waals surface area contributed by atoms with E-state index in [0.717, 1.165) is 0 Å². The summed E-state index contributed by atoms with van der Waals surface area (Å²) in [5.74, 6) is 0. The van der Waals surface area contributed by atoms with Crippen LogP contribution < -0.4 is 5.56 Å². The zero-order chi connectivity index (χ0) is 7.72. The van der Waals surface area contributed by atoms with E-state index in [0.29, 0.717) is 10.7 Å². The van der Waals surface area contributed by atoms with Gasteiger partial charge in [-0.25, -0.2) is 0 Å². The predicted octanol–water partition coefficient (Wildman–Crippen LogP) is 1.99. The number of hydrogen-bond donors (Lipinski definition) is 1. The lowest BCUT2D eigenvalue weighted by atomic mass is 10.3. The van der Waals surface area contributed by atoms with Gasteiger partial charge in [0.05, 0.1) is 0 Å². The Bertz CT molecular complexity index is 305. The molecule has 4 heteroatoms. The lowest BCUT2D eigenvalue weighted by molar-refractivity contribution is 1.21. The van der Waals surface area contributed by atoms with E-state index >= 15 is 0 Å². The number of aromatic nitrogens is 1. The van der Waals surface area contributed by atoms with Crippen molar-refractivity contribution in [3.8, 4) is 0 Å².